The number of nitrogens with zero attached hydrogens (tertiary/aromatic N) is 1. The summed E-state index contributed by atoms with van der Waals surface area (Å²) in [5.41, 5.74) is 8.72. The topological polar surface area (TPSA) is 56.0 Å². The van der Waals surface area contributed by atoms with Crippen molar-refractivity contribution in [2.24, 2.45) is 0 Å². The molecule has 0 amide bonds. The zero-order valence-corrected chi connectivity index (χ0v) is 11.1. The lowest BCUT2D eigenvalue weighted by Crippen LogP contribution is -2.03. The number of carbonyl (C=O) groups excluding carboxylic acids is 1. The summed E-state index contributed by atoms with van der Waals surface area (Å²) in [5.74, 6) is -0.00769. The van der Waals surface area contributed by atoms with Gasteiger partial charge >= 0.3 is 0 Å². The number of carbonyl (C=O) groups is 1. The zero-order valence-electron chi connectivity index (χ0n) is 11.1. The first kappa shape index (κ1) is 12.4. The van der Waals surface area contributed by atoms with Crippen molar-refractivity contribution in [3.05, 3.63) is 71.5 Å². The van der Waals surface area contributed by atoms with Gasteiger partial charge in [-0.1, -0.05) is 18.2 Å². The molecule has 98 valence electrons. The molecule has 0 saturated carbocycles. The Morgan fingerprint density at radius 2 is 2.00 bits per heavy atom. The molecular weight excluding hydrogens is 248 g/mol. The maximum absolute atomic E-state index is 12.7. The summed E-state index contributed by atoms with van der Waals surface area (Å²) < 4.78 is 0. The predicted molar refractivity (Wildman–Crippen MR) is 80.8 cm³/mol. The Labute approximate surface area is 117 Å². The Bertz CT molecular complexity index is 804. The molecule has 3 rings (SSSR count). The van der Waals surface area contributed by atoms with Gasteiger partial charge in [0.2, 0.25) is 0 Å². The fourth-order valence-electron chi connectivity index (χ4n) is 2.28. The molecule has 0 radical (unpaired) electrons. The third-order valence-electron chi connectivity index (χ3n) is 3.46. The first-order chi connectivity index (χ1) is 9.66. The smallest absolute Gasteiger partial charge is 0.193 e. The second-order valence-electron chi connectivity index (χ2n) is 4.80. The summed E-state index contributed by atoms with van der Waals surface area (Å²) in [4.78, 5) is 16.8. The molecular formula is C17H14N2O. The van der Waals surface area contributed by atoms with Crippen molar-refractivity contribution in [3.8, 4) is 0 Å². The molecule has 0 spiro atoms. The predicted octanol–water partition coefficient (Wildman–Crippen LogP) is 3.36. The molecule has 0 saturated heterocycles. The third-order valence-corrected chi connectivity index (χ3v) is 3.46. The van der Waals surface area contributed by atoms with Crippen LogP contribution in [0, 0.1) is 6.92 Å². The number of aryl methyl sites for hydroxylation is 1. The lowest BCUT2D eigenvalue weighted by Gasteiger charge is -2.07. The van der Waals surface area contributed by atoms with Gasteiger partial charge in [0.25, 0.3) is 0 Å². The highest BCUT2D eigenvalue weighted by Crippen LogP contribution is 2.22. The number of rotatable bonds is 2. The van der Waals surface area contributed by atoms with Gasteiger partial charge in [-0.3, -0.25) is 9.78 Å². The molecule has 1 aromatic heterocycles. The molecule has 0 aliphatic heterocycles. The average Bonchev–Trinajstić information content (AvgIpc) is 2.49. The highest BCUT2D eigenvalue weighted by Gasteiger charge is 2.13. The van der Waals surface area contributed by atoms with Crippen molar-refractivity contribution in [2.75, 3.05) is 5.73 Å². The van der Waals surface area contributed by atoms with Crippen LogP contribution >= 0.6 is 0 Å². The quantitative estimate of drug-likeness (QED) is 0.569. The summed E-state index contributed by atoms with van der Waals surface area (Å²) in [6, 6.07) is 13.0. The van der Waals surface area contributed by atoms with Crippen molar-refractivity contribution in [1.29, 1.82) is 0 Å². The van der Waals surface area contributed by atoms with Crippen LogP contribution in [0.5, 0.6) is 0 Å². The molecule has 20 heavy (non-hydrogen) atoms. The van der Waals surface area contributed by atoms with E-state index in [2.05, 4.69) is 4.98 Å². The van der Waals surface area contributed by atoms with E-state index in [9.17, 15) is 4.79 Å². The third kappa shape index (κ3) is 2.03. The number of nitrogen functional groups attached to an aromatic ring is 1. The van der Waals surface area contributed by atoms with Crippen LogP contribution in [0.25, 0.3) is 10.8 Å². The van der Waals surface area contributed by atoms with Crippen LogP contribution in [0.1, 0.15) is 21.5 Å². The molecule has 0 bridgehead atoms. The van der Waals surface area contributed by atoms with Crippen LogP contribution < -0.4 is 5.73 Å². The summed E-state index contributed by atoms with van der Waals surface area (Å²) in [6.45, 7) is 1.90. The SMILES string of the molecule is Cc1cc(C(=O)c2cccc3ccncc23)ccc1N. The lowest BCUT2D eigenvalue weighted by atomic mass is 9.97. The Hall–Kier alpha value is -2.68. The molecule has 0 atom stereocenters. The van der Waals surface area contributed by atoms with Crippen molar-refractivity contribution in [2.45, 2.75) is 6.92 Å². The van der Waals surface area contributed by atoms with Crippen LogP contribution in [0.15, 0.2) is 54.9 Å². The highest BCUT2D eigenvalue weighted by atomic mass is 16.1. The van der Waals surface area contributed by atoms with Gasteiger partial charge in [-0.25, -0.2) is 0 Å². The van der Waals surface area contributed by atoms with E-state index in [0.717, 1.165) is 16.3 Å². The normalized spacial score (nSPS) is 10.7. The Kier molecular flexibility index (Phi) is 2.95. The van der Waals surface area contributed by atoms with E-state index in [1.54, 1.807) is 24.5 Å². The van der Waals surface area contributed by atoms with Crippen molar-refractivity contribution >= 4 is 22.2 Å². The molecule has 0 fully saturated rings. The Morgan fingerprint density at radius 1 is 1.15 bits per heavy atom. The number of nitrogens with two attached hydrogens (primary N) is 1. The first-order valence-electron chi connectivity index (χ1n) is 6.40. The number of aromatic nitrogens is 1. The van der Waals surface area contributed by atoms with Gasteiger partial charge < -0.3 is 5.73 Å². The van der Waals surface area contributed by atoms with Crippen LogP contribution in [0.3, 0.4) is 0 Å². The van der Waals surface area contributed by atoms with Gasteiger partial charge in [0.05, 0.1) is 0 Å². The van der Waals surface area contributed by atoms with E-state index in [1.807, 2.05) is 37.3 Å². The zero-order chi connectivity index (χ0) is 14.1. The van der Waals surface area contributed by atoms with E-state index in [0.29, 0.717) is 16.8 Å². The monoisotopic (exact) mass is 262 g/mol. The summed E-state index contributed by atoms with van der Waals surface area (Å²) in [6.07, 6.45) is 3.46. The number of fused-ring (bicyclic) bond motifs is 1. The first-order valence-corrected chi connectivity index (χ1v) is 6.40. The summed E-state index contributed by atoms with van der Waals surface area (Å²) in [7, 11) is 0. The second-order valence-corrected chi connectivity index (χ2v) is 4.80. The molecule has 3 heteroatoms. The van der Waals surface area contributed by atoms with Gasteiger partial charge in [0, 0.05) is 34.6 Å². The van der Waals surface area contributed by atoms with E-state index in [4.69, 9.17) is 5.73 Å². The number of ketones is 1. The maximum atomic E-state index is 12.7. The van der Waals surface area contributed by atoms with Crippen molar-refractivity contribution < 1.29 is 4.79 Å². The number of benzene rings is 2. The molecule has 0 aliphatic rings. The van der Waals surface area contributed by atoms with E-state index < -0.39 is 0 Å². The minimum absolute atomic E-state index is 0.00769. The lowest BCUT2D eigenvalue weighted by molar-refractivity contribution is 0.104. The minimum Gasteiger partial charge on any atom is -0.399 e. The van der Waals surface area contributed by atoms with Gasteiger partial charge in [0.1, 0.15) is 0 Å². The summed E-state index contributed by atoms with van der Waals surface area (Å²) in [5, 5.41) is 1.88. The van der Waals surface area contributed by atoms with E-state index in [1.165, 1.54) is 0 Å². The van der Waals surface area contributed by atoms with Crippen LogP contribution in [0.2, 0.25) is 0 Å². The number of anilines is 1. The fourth-order valence-corrected chi connectivity index (χ4v) is 2.28. The van der Waals surface area contributed by atoms with Crippen LogP contribution in [-0.4, -0.2) is 10.8 Å². The van der Waals surface area contributed by atoms with Gasteiger partial charge in [0.15, 0.2) is 5.78 Å². The van der Waals surface area contributed by atoms with Crippen LogP contribution in [-0.2, 0) is 0 Å². The molecule has 2 aromatic carbocycles. The van der Waals surface area contributed by atoms with Crippen molar-refractivity contribution in [1.82, 2.24) is 4.98 Å². The Balaban J connectivity index is 2.15. The standard InChI is InChI=1S/C17H14N2O/c1-11-9-13(5-6-16(11)18)17(20)14-4-2-3-12-7-8-19-10-15(12)14/h2-10H,18H2,1H3. The van der Waals surface area contributed by atoms with Crippen molar-refractivity contribution in [3.63, 3.8) is 0 Å². The summed E-state index contributed by atoms with van der Waals surface area (Å²) >= 11 is 0. The Morgan fingerprint density at radius 3 is 2.80 bits per heavy atom. The molecule has 3 nitrogen and oxygen atoms in total. The molecule has 1 heterocycles. The van der Waals surface area contributed by atoms with Gasteiger partial charge in [-0.2, -0.15) is 0 Å². The molecule has 3 aromatic rings. The fraction of sp³-hybridized carbons (Fsp3) is 0.0588. The number of hydrogen-bond donors (Lipinski definition) is 1. The minimum atomic E-state index is -0.00769. The second kappa shape index (κ2) is 4.78. The average molecular weight is 262 g/mol. The van der Waals surface area contributed by atoms with E-state index >= 15 is 0 Å². The number of hydrogen-bond acceptors (Lipinski definition) is 3. The van der Waals surface area contributed by atoms with Gasteiger partial charge in [-0.05, 0) is 42.1 Å². The molecule has 2 N–H and O–H groups in total. The highest BCUT2D eigenvalue weighted by molar-refractivity contribution is 6.16. The maximum Gasteiger partial charge on any atom is 0.193 e. The molecule has 0 unspecified atom stereocenters. The largest absolute Gasteiger partial charge is 0.399 e. The molecule has 0 aliphatic carbocycles. The van der Waals surface area contributed by atoms with Crippen LogP contribution in [0.4, 0.5) is 5.69 Å². The van der Waals surface area contributed by atoms with Gasteiger partial charge in [-0.15, -0.1) is 0 Å². The number of pyridine rings is 1. The van der Waals surface area contributed by atoms with E-state index in [-0.39, 0.29) is 5.78 Å².